The van der Waals surface area contributed by atoms with Crippen LogP contribution in [0.25, 0.3) is 0 Å². The minimum atomic E-state index is -2.27. The lowest BCUT2D eigenvalue weighted by Crippen LogP contribution is -2.57. The van der Waals surface area contributed by atoms with Gasteiger partial charge in [-0.1, -0.05) is 0 Å². The zero-order chi connectivity index (χ0) is 8.27. The van der Waals surface area contributed by atoms with Gasteiger partial charge >= 0.3 is 0 Å². The Labute approximate surface area is 64.5 Å². The maximum absolute atomic E-state index is 12.1. The summed E-state index contributed by atoms with van der Waals surface area (Å²) < 4.78 is 24.2. The lowest BCUT2D eigenvalue weighted by atomic mass is 10.1. The van der Waals surface area contributed by atoms with E-state index in [9.17, 15) is 8.78 Å². The normalized spacial score (nSPS) is 32.7. The maximum atomic E-state index is 12.1. The molecule has 1 aliphatic heterocycles. The summed E-state index contributed by atoms with van der Waals surface area (Å²) in [5, 5.41) is 8.58. The summed E-state index contributed by atoms with van der Waals surface area (Å²) in [6.07, 6.45) is -1.84. The molecule has 1 heterocycles. The van der Waals surface area contributed by atoms with Crippen molar-refractivity contribution in [2.75, 3.05) is 13.7 Å². The fraction of sp³-hybridized carbons (Fsp3) is 1.00. The van der Waals surface area contributed by atoms with Gasteiger partial charge in [0.1, 0.15) is 0 Å². The molecule has 1 aliphatic rings. The average molecular weight is 165 g/mol. The Kier molecular flexibility index (Phi) is 3.16. The molecule has 1 rings (SSSR count). The maximum Gasteiger partial charge on any atom is 0.253 e. The van der Waals surface area contributed by atoms with Crippen LogP contribution in [-0.2, 0) is 0 Å². The molecule has 0 saturated carbocycles. The largest absolute Gasteiger partial charge is 0.305 e. The Bertz CT molecular complexity index is 120. The molecule has 2 atom stereocenters. The van der Waals surface area contributed by atoms with Crippen LogP contribution in [-0.4, -0.2) is 32.3 Å². The van der Waals surface area contributed by atoms with Gasteiger partial charge < -0.3 is 5.32 Å². The Balaban J connectivity index is 2.33. The van der Waals surface area contributed by atoms with Gasteiger partial charge in [0.15, 0.2) is 0 Å². The van der Waals surface area contributed by atoms with E-state index in [0.717, 1.165) is 0 Å². The summed E-state index contributed by atoms with van der Waals surface area (Å²) in [6, 6.07) is -0.673. The molecule has 0 radical (unpaired) electrons. The smallest absolute Gasteiger partial charge is 0.253 e. The first kappa shape index (κ1) is 8.83. The third-order valence-corrected chi connectivity index (χ3v) is 1.85. The van der Waals surface area contributed by atoms with Crippen molar-refractivity contribution in [3.63, 3.8) is 0 Å². The highest BCUT2D eigenvalue weighted by Crippen LogP contribution is 2.08. The van der Waals surface area contributed by atoms with E-state index in [1.54, 1.807) is 7.05 Å². The van der Waals surface area contributed by atoms with Crippen molar-refractivity contribution in [2.45, 2.75) is 25.1 Å². The monoisotopic (exact) mass is 165 g/mol. The van der Waals surface area contributed by atoms with Crippen molar-refractivity contribution >= 4 is 0 Å². The molecule has 66 valence electrons. The molecular formula is C6H13F2N3. The number of rotatable bonds is 2. The molecule has 1 saturated heterocycles. The third-order valence-electron chi connectivity index (χ3n) is 1.85. The molecular weight excluding hydrogens is 152 g/mol. The molecule has 3 nitrogen and oxygen atoms in total. The van der Waals surface area contributed by atoms with Crippen molar-refractivity contribution < 1.29 is 8.78 Å². The van der Waals surface area contributed by atoms with E-state index in [4.69, 9.17) is 0 Å². The van der Waals surface area contributed by atoms with E-state index in [0.29, 0.717) is 13.1 Å². The summed E-state index contributed by atoms with van der Waals surface area (Å²) in [6.45, 7) is 0.445. The van der Waals surface area contributed by atoms with Crippen LogP contribution >= 0.6 is 0 Å². The van der Waals surface area contributed by atoms with Crippen LogP contribution in [0.1, 0.15) is 6.42 Å². The predicted octanol–water partition coefficient (Wildman–Crippen LogP) is -0.294. The van der Waals surface area contributed by atoms with E-state index in [-0.39, 0.29) is 6.17 Å². The van der Waals surface area contributed by atoms with E-state index >= 15 is 0 Å². The van der Waals surface area contributed by atoms with Crippen molar-refractivity contribution in [3.8, 4) is 0 Å². The molecule has 0 aromatic carbocycles. The van der Waals surface area contributed by atoms with E-state index < -0.39 is 12.5 Å². The summed E-state index contributed by atoms with van der Waals surface area (Å²) in [4.78, 5) is 0. The average Bonchev–Trinajstić information content (AvgIpc) is 2.05. The van der Waals surface area contributed by atoms with Crippen LogP contribution in [0.3, 0.4) is 0 Å². The predicted molar refractivity (Wildman–Crippen MR) is 38.4 cm³/mol. The molecule has 5 heteroatoms. The zero-order valence-corrected chi connectivity index (χ0v) is 6.40. The van der Waals surface area contributed by atoms with Gasteiger partial charge in [0.25, 0.3) is 6.43 Å². The van der Waals surface area contributed by atoms with Crippen molar-refractivity contribution in [1.82, 2.24) is 16.0 Å². The second-order valence-electron chi connectivity index (χ2n) is 2.60. The zero-order valence-electron chi connectivity index (χ0n) is 6.40. The van der Waals surface area contributed by atoms with Gasteiger partial charge in [-0.25, -0.2) is 8.78 Å². The topological polar surface area (TPSA) is 36.1 Å². The highest BCUT2D eigenvalue weighted by molar-refractivity contribution is 4.80. The summed E-state index contributed by atoms with van der Waals surface area (Å²) in [7, 11) is 1.76. The fourth-order valence-electron chi connectivity index (χ4n) is 1.15. The first-order valence-corrected chi connectivity index (χ1v) is 3.66. The molecule has 0 amide bonds. The standard InChI is InChI=1S/C6H13F2N3/c1-9-5-2-4(6(7)8)10-3-11-5/h4-6,9-11H,2-3H2,1H3. The van der Waals surface area contributed by atoms with E-state index in [2.05, 4.69) is 16.0 Å². The Morgan fingerprint density at radius 1 is 1.45 bits per heavy atom. The lowest BCUT2D eigenvalue weighted by molar-refractivity contribution is 0.0720. The van der Waals surface area contributed by atoms with Crippen LogP contribution in [0.2, 0.25) is 0 Å². The summed E-state index contributed by atoms with van der Waals surface area (Å²) in [5.41, 5.74) is 0. The molecule has 11 heavy (non-hydrogen) atoms. The highest BCUT2D eigenvalue weighted by Gasteiger charge is 2.26. The Morgan fingerprint density at radius 3 is 2.73 bits per heavy atom. The number of hydrogen-bond donors (Lipinski definition) is 3. The Morgan fingerprint density at radius 2 is 2.18 bits per heavy atom. The molecule has 0 aliphatic carbocycles. The van der Waals surface area contributed by atoms with Gasteiger partial charge in [-0.3, -0.25) is 10.6 Å². The van der Waals surface area contributed by atoms with Gasteiger partial charge in [-0.15, -0.1) is 0 Å². The summed E-state index contributed by atoms with van der Waals surface area (Å²) in [5.74, 6) is 0. The molecule has 1 fully saturated rings. The minimum absolute atomic E-state index is 0.00949. The SMILES string of the molecule is CNC1CC(C(F)F)NCN1. The lowest BCUT2D eigenvalue weighted by Gasteiger charge is -2.30. The molecule has 0 aromatic heterocycles. The molecule has 0 spiro atoms. The molecule has 2 unspecified atom stereocenters. The van der Waals surface area contributed by atoms with Gasteiger partial charge in [-0.05, 0) is 13.5 Å². The molecule has 0 aromatic rings. The minimum Gasteiger partial charge on any atom is -0.305 e. The first-order valence-electron chi connectivity index (χ1n) is 3.66. The van der Waals surface area contributed by atoms with Crippen LogP contribution in [0.5, 0.6) is 0 Å². The second kappa shape index (κ2) is 3.94. The van der Waals surface area contributed by atoms with Gasteiger partial charge in [0.05, 0.1) is 12.2 Å². The highest BCUT2D eigenvalue weighted by atomic mass is 19.3. The quantitative estimate of drug-likeness (QED) is 0.526. The van der Waals surface area contributed by atoms with Crippen molar-refractivity contribution in [1.29, 1.82) is 0 Å². The number of halogens is 2. The molecule has 3 N–H and O–H groups in total. The van der Waals surface area contributed by atoms with E-state index in [1.165, 1.54) is 0 Å². The van der Waals surface area contributed by atoms with Crippen LogP contribution in [0.15, 0.2) is 0 Å². The first-order chi connectivity index (χ1) is 5.24. The number of alkyl halides is 2. The van der Waals surface area contributed by atoms with Crippen LogP contribution in [0.4, 0.5) is 8.78 Å². The van der Waals surface area contributed by atoms with Crippen LogP contribution in [0, 0.1) is 0 Å². The fourth-order valence-corrected chi connectivity index (χ4v) is 1.15. The van der Waals surface area contributed by atoms with Crippen molar-refractivity contribution in [3.05, 3.63) is 0 Å². The van der Waals surface area contributed by atoms with Gasteiger partial charge in [-0.2, -0.15) is 0 Å². The van der Waals surface area contributed by atoms with Crippen LogP contribution < -0.4 is 16.0 Å². The molecule has 0 bridgehead atoms. The van der Waals surface area contributed by atoms with E-state index in [1.807, 2.05) is 0 Å². The Hall–Kier alpha value is -0.260. The number of nitrogens with one attached hydrogen (secondary N) is 3. The second-order valence-corrected chi connectivity index (χ2v) is 2.60. The van der Waals surface area contributed by atoms with Gasteiger partial charge in [0, 0.05) is 6.67 Å². The number of hydrogen-bond acceptors (Lipinski definition) is 3. The third kappa shape index (κ3) is 2.36. The van der Waals surface area contributed by atoms with Gasteiger partial charge in [0.2, 0.25) is 0 Å². The summed E-state index contributed by atoms with van der Waals surface area (Å²) >= 11 is 0. The van der Waals surface area contributed by atoms with Crippen molar-refractivity contribution in [2.24, 2.45) is 0 Å².